The largest absolute Gasteiger partial charge is 0.383 e. The van der Waals surface area contributed by atoms with Crippen LogP contribution in [0.2, 0.25) is 0 Å². The number of thioether (sulfide) groups is 1. The Hall–Kier alpha value is -1.71. The van der Waals surface area contributed by atoms with Crippen LogP contribution in [0.1, 0.15) is 34.6 Å². The first kappa shape index (κ1) is 19.1. The van der Waals surface area contributed by atoms with E-state index < -0.39 is 0 Å². The van der Waals surface area contributed by atoms with E-state index in [-0.39, 0.29) is 11.9 Å². The second-order valence-corrected chi connectivity index (χ2v) is 7.36. The summed E-state index contributed by atoms with van der Waals surface area (Å²) < 4.78 is 14.6. The van der Waals surface area contributed by atoms with E-state index in [9.17, 15) is 4.79 Å². The summed E-state index contributed by atoms with van der Waals surface area (Å²) in [5.41, 5.74) is 2.80. The summed E-state index contributed by atoms with van der Waals surface area (Å²) in [5.74, 6) is 0.388. The van der Waals surface area contributed by atoms with Crippen molar-refractivity contribution in [3.05, 3.63) is 23.0 Å². The fraction of sp³-hybridized carbons (Fsp3) is 0.647. The summed E-state index contributed by atoms with van der Waals surface area (Å²) in [5, 5.41) is 12.5. The summed E-state index contributed by atoms with van der Waals surface area (Å²) in [6, 6.07) is 1.95. The third kappa shape index (κ3) is 4.33. The van der Waals surface area contributed by atoms with Gasteiger partial charge in [-0.3, -0.25) is 4.79 Å². The first-order chi connectivity index (χ1) is 12.6. The van der Waals surface area contributed by atoms with Crippen molar-refractivity contribution in [1.82, 2.24) is 24.8 Å². The molecule has 1 atom stereocenters. The molecule has 0 N–H and O–H groups in total. The lowest BCUT2D eigenvalue weighted by molar-refractivity contribution is 0.0912. The van der Waals surface area contributed by atoms with Crippen LogP contribution in [0.5, 0.6) is 0 Å². The number of Topliss-reactive ketones (excluding diaryl/α,β-unsaturated/α-hetero) is 1. The third-order valence-corrected chi connectivity index (χ3v) is 5.58. The van der Waals surface area contributed by atoms with E-state index in [0.29, 0.717) is 24.1 Å². The summed E-state index contributed by atoms with van der Waals surface area (Å²) in [6.07, 6.45) is 2.26. The highest BCUT2D eigenvalue weighted by atomic mass is 32.2. The van der Waals surface area contributed by atoms with Gasteiger partial charge in [0.15, 0.2) is 5.78 Å². The SMILES string of the molecule is COCCn1c(C)cc(C(=O)CSc2nnnn2CC2CCCO2)c1C. The molecule has 26 heavy (non-hydrogen) atoms. The minimum absolute atomic E-state index is 0.0819. The lowest BCUT2D eigenvalue weighted by Gasteiger charge is -2.10. The smallest absolute Gasteiger partial charge is 0.209 e. The Kier molecular flexibility index (Phi) is 6.44. The predicted molar refractivity (Wildman–Crippen MR) is 97.6 cm³/mol. The molecule has 3 heterocycles. The molecule has 0 amide bonds. The number of methoxy groups -OCH3 is 1. The van der Waals surface area contributed by atoms with Crippen LogP contribution in [0.4, 0.5) is 0 Å². The normalized spacial score (nSPS) is 17.1. The van der Waals surface area contributed by atoms with Gasteiger partial charge in [-0.2, -0.15) is 0 Å². The van der Waals surface area contributed by atoms with Gasteiger partial charge in [-0.25, -0.2) is 4.68 Å². The van der Waals surface area contributed by atoms with Crippen LogP contribution in [-0.2, 0) is 22.6 Å². The maximum absolute atomic E-state index is 12.7. The zero-order valence-electron chi connectivity index (χ0n) is 15.5. The molecule has 1 unspecified atom stereocenters. The molecule has 8 nitrogen and oxygen atoms in total. The van der Waals surface area contributed by atoms with Crippen molar-refractivity contribution in [2.24, 2.45) is 0 Å². The van der Waals surface area contributed by atoms with Crippen LogP contribution >= 0.6 is 11.8 Å². The van der Waals surface area contributed by atoms with Gasteiger partial charge in [0.05, 0.1) is 25.0 Å². The molecule has 0 aromatic carbocycles. The molecule has 0 bridgehead atoms. The van der Waals surface area contributed by atoms with Gasteiger partial charge in [0.25, 0.3) is 0 Å². The van der Waals surface area contributed by atoms with E-state index >= 15 is 0 Å². The number of hydrogen-bond donors (Lipinski definition) is 0. The van der Waals surface area contributed by atoms with E-state index in [1.165, 1.54) is 11.8 Å². The van der Waals surface area contributed by atoms with E-state index in [4.69, 9.17) is 9.47 Å². The summed E-state index contributed by atoms with van der Waals surface area (Å²) >= 11 is 1.37. The number of aromatic nitrogens is 5. The number of tetrazole rings is 1. The van der Waals surface area contributed by atoms with E-state index in [1.807, 2.05) is 19.9 Å². The van der Waals surface area contributed by atoms with Crippen molar-refractivity contribution >= 4 is 17.5 Å². The zero-order valence-corrected chi connectivity index (χ0v) is 16.3. The van der Waals surface area contributed by atoms with Gasteiger partial charge in [-0.15, -0.1) is 5.10 Å². The number of ether oxygens (including phenoxy) is 2. The second kappa shape index (κ2) is 8.79. The van der Waals surface area contributed by atoms with Crippen molar-refractivity contribution in [3.8, 4) is 0 Å². The van der Waals surface area contributed by atoms with Crippen molar-refractivity contribution in [2.75, 3.05) is 26.1 Å². The van der Waals surface area contributed by atoms with Gasteiger partial charge in [-0.05, 0) is 43.2 Å². The fourth-order valence-electron chi connectivity index (χ4n) is 3.21. The topological polar surface area (TPSA) is 84.1 Å². The molecule has 1 saturated heterocycles. The standard InChI is InChI=1S/C17H25N5O3S/c1-12-9-15(13(2)21(12)6-8-24-3)16(23)11-26-17-18-19-20-22(17)10-14-5-4-7-25-14/h9,14H,4-8,10-11H2,1-3H3. The van der Waals surface area contributed by atoms with Gasteiger partial charge in [-0.1, -0.05) is 11.8 Å². The number of hydrogen-bond acceptors (Lipinski definition) is 7. The van der Waals surface area contributed by atoms with Gasteiger partial charge in [0.2, 0.25) is 5.16 Å². The van der Waals surface area contributed by atoms with Crippen LogP contribution in [-0.4, -0.2) is 62.7 Å². The number of carbonyl (C=O) groups is 1. The highest BCUT2D eigenvalue weighted by molar-refractivity contribution is 7.99. The highest BCUT2D eigenvalue weighted by Gasteiger charge is 2.20. The molecule has 2 aromatic heterocycles. The minimum Gasteiger partial charge on any atom is -0.383 e. The van der Waals surface area contributed by atoms with Crippen LogP contribution in [0.25, 0.3) is 0 Å². The van der Waals surface area contributed by atoms with Gasteiger partial charge in [0.1, 0.15) is 0 Å². The predicted octanol–water partition coefficient (Wildman–Crippen LogP) is 1.89. The second-order valence-electron chi connectivity index (χ2n) is 6.42. The van der Waals surface area contributed by atoms with Crippen LogP contribution in [0.3, 0.4) is 0 Å². The lowest BCUT2D eigenvalue weighted by atomic mass is 10.2. The molecule has 1 aliphatic heterocycles. The Morgan fingerprint density at radius 1 is 1.46 bits per heavy atom. The molecule has 0 aliphatic carbocycles. The molecular formula is C17H25N5O3S. The van der Waals surface area contributed by atoms with E-state index in [2.05, 4.69) is 20.1 Å². The Morgan fingerprint density at radius 2 is 2.31 bits per heavy atom. The van der Waals surface area contributed by atoms with Crippen molar-refractivity contribution in [1.29, 1.82) is 0 Å². The van der Waals surface area contributed by atoms with Crippen LogP contribution in [0.15, 0.2) is 11.2 Å². The average Bonchev–Trinajstić information content (AvgIpc) is 3.35. The fourth-order valence-corrected chi connectivity index (χ4v) is 3.98. The maximum atomic E-state index is 12.7. The Labute approximate surface area is 157 Å². The van der Waals surface area contributed by atoms with E-state index in [0.717, 1.165) is 42.9 Å². The summed E-state index contributed by atoms with van der Waals surface area (Å²) in [4.78, 5) is 12.7. The number of rotatable bonds is 9. The number of aryl methyl sites for hydroxylation is 1. The Morgan fingerprint density at radius 3 is 3.04 bits per heavy atom. The third-order valence-electron chi connectivity index (χ3n) is 4.63. The molecule has 142 valence electrons. The molecule has 1 aliphatic rings. The Balaban J connectivity index is 1.62. The molecule has 0 radical (unpaired) electrons. The van der Waals surface area contributed by atoms with Crippen LogP contribution < -0.4 is 0 Å². The van der Waals surface area contributed by atoms with Crippen molar-refractivity contribution < 1.29 is 14.3 Å². The van der Waals surface area contributed by atoms with E-state index in [1.54, 1.807) is 11.8 Å². The minimum atomic E-state index is 0.0819. The van der Waals surface area contributed by atoms with Gasteiger partial charge >= 0.3 is 0 Å². The molecular weight excluding hydrogens is 354 g/mol. The maximum Gasteiger partial charge on any atom is 0.209 e. The highest BCUT2D eigenvalue weighted by Crippen LogP contribution is 2.22. The molecule has 2 aromatic rings. The molecule has 9 heteroatoms. The summed E-state index contributed by atoms with van der Waals surface area (Å²) in [7, 11) is 1.68. The van der Waals surface area contributed by atoms with Crippen LogP contribution in [0, 0.1) is 13.8 Å². The van der Waals surface area contributed by atoms with Gasteiger partial charge < -0.3 is 14.0 Å². The molecule has 0 spiro atoms. The van der Waals surface area contributed by atoms with Crippen molar-refractivity contribution in [3.63, 3.8) is 0 Å². The van der Waals surface area contributed by atoms with Crippen molar-refractivity contribution in [2.45, 2.75) is 51.0 Å². The Bertz CT molecular complexity index is 752. The molecule has 3 rings (SSSR count). The lowest BCUT2D eigenvalue weighted by Crippen LogP contribution is -2.17. The zero-order chi connectivity index (χ0) is 18.5. The monoisotopic (exact) mass is 379 g/mol. The average molecular weight is 379 g/mol. The number of nitrogens with zero attached hydrogens (tertiary/aromatic N) is 5. The number of carbonyl (C=O) groups excluding carboxylic acids is 1. The molecule has 0 saturated carbocycles. The summed E-state index contributed by atoms with van der Waals surface area (Å²) in [6.45, 7) is 6.78. The number of ketones is 1. The molecule has 1 fully saturated rings. The first-order valence-electron chi connectivity index (χ1n) is 8.79. The first-order valence-corrected chi connectivity index (χ1v) is 9.78. The van der Waals surface area contributed by atoms with Gasteiger partial charge in [0, 0.05) is 37.2 Å². The quantitative estimate of drug-likeness (QED) is 0.486.